The fourth-order valence-corrected chi connectivity index (χ4v) is 15.6. The van der Waals surface area contributed by atoms with Crippen LogP contribution in [0.1, 0.15) is 81.4 Å². The molecule has 14 rings (SSSR count). The van der Waals surface area contributed by atoms with Crippen LogP contribution in [0.5, 0.6) is 17.4 Å². The van der Waals surface area contributed by atoms with E-state index < -0.39 is 0 Å². The molecule has 1 fully saturated rings. The number of methoxy groups -OCH3 is 1. The van der Waals surface area contributed by atoms with Gasteiger partial charge < -0.3 is 60.0 Å². The van der Waals surface area contributed by atoms with E-state index in [1.165, 1.54) is 35.5 Å². The third-order valence-electron chi connectivity index (χ3n) is 21.1. The van der Waals surface area contributed by atoms with Gasteiger partial charge in [0.05, 0.1) is 52.9 Å². The number of benzene rings is 8. The lowest BCUT2D eigenvalue weighted by atomic mass is 9.97. The van der Waals surface area contributed by atoms with Crippen molar-refractivity contribution in [2.75, 3.05) is 103 Å². The zero-order valence-corrected chi connectivity index (χ0v) is 71.6. The van der Waals surface area contributed by atoms with Gasteiger partial charge in [-0.05, 0) is 192 Å². The maximum Gasteiger partial charge on any atom is 0.274 e. The zero-order chi connectivity index (χ0) is 84.6. The fourth-order valence-electron chi connectivity index (χ4n) is 15.5. The largest absolute Gasteiger partial charge is 0.491 e. The maximum absolute atomic E-state index is 12.5. The van der Waals surface area contributed by atoms with E-state index in [-0.39, 0.29) is 76.7 Å². The lowest BCUT2D eigenvalue weighted by Crippen LogP contribution is -2.56. The summed E-state index contributed by atoms with van der Waals surface area (Å²) in [6.45, 7) is 12.8. The second-order valence-electron chi connectivity index (χ2n) is 31.0. The first-order chi connectivity index (χ1) is 56.6. The minimum atomic E-state index is -0.104. The number of fused-ring (bicyclic) bond motifs is 4. The molecule has 0 spiro atoms. The highest BCUT2D eigenvalue weighted by Crippen LogP contribution is 2.34. The van der Waals surface area contributed by atoms with Crippen molar-refractivity contribution in [1.29, 1.82) is 0 Å². The molecule has 0 aliphatic carbocycles. The van der Waals surface area contributed by atoms with Crippen LogP contribution in [0.2, 0.25) is 5.02 Å². The van der Waals surface area contributed by atoms with E-state index in [1.807, 2.05) is 198 Å². The van der Waals surface area contributed by atoms with E-state index in [2.05, 4.69) is 183 Å². The first-order valence-corrected chi connectivity index (χ1v) is 40.0. The third kappa shape index (κ3) is 21.2. The number of anilines is 5. The van der Waals surface area contributed by atoms with Gasteiger partial charge in [-0.15, -0.1) is 0 Å². The van der Waals surface area contributed by atoms with Crippen molar-refractivity contribution in [1.82, 2.24) is 63.7 Å². The number of likely N-dealkylation sites (N-methyl/N-ethyl adjacent to an activating group) is 4. The molecule has 118 heavy (non-hydrogen) atoms. The first-order valence-electron chi connectivity index (χ1n) is 39.7. The summed E-state index contributed by atoms with van der Waals surface area (Å²) in [5, 5.41) is 38.9. The van der Waals surface area contributed by atoms with E-state index in [0.717, 1.165) is 74.5 Å². The molecule has 618 valence electrons. The molecule has 1 saturated heterocycles. The molecule has 13 aromatic rings. The van der Waals surface area contributed by atoms with Gasteiger partial charge in [0, 0.05) is 116 Å². The number of pyridine rings is 1. The van der Waals surface area contributed by atoms with Crippen molar-refractivity contribution >= 4 is 83.6 Å². The SMILES string of the molecule is CC(C)Oc1ccc([C@@H]([C@H](C)Nc2nn(C)c(=O)c3ccccc23)N(C)C)cc1.CN(C)[C@H]1CN(c2ccc(Cl)cc2)CC[C@H]1Nc1nn(C)c(=O)c2ccccc12.COc1ccc([C@@H]([C@H](C)Nc2nn(C)c(=O)c3ccccc23)N(C)C)cn1.C[C@H](Nc1nn(C)c(=O)c2ccccc12)[C@H](c1ccc(OCc2ccccc2)cc1)N(C)C. The van der Waals surface area contributed by atoms with Crippen LogP contribution >= 0.6 is 11.6 Å². The van der Waals surface area contributed by atoms with E-state index in [4.69, 9.17) is 25.8 Å². The maximum atomic E-state index is 12.5. The number of ether oxygens (including phenoxy) is 3. The first kappa shape index (κ1) is 86.8. The van der Waals surface area contributed by atoms with Crippen molar-refractivity contribution < 1.29 is 14.2 Å². The van der Waals surface area contributed by atoms with Gasteiger partial charge in [-0.2, -0.15) is 20.4 Å². The number of rotatable bonds is 25. The third-order valence-corrected chi connectivity index (χ3v) is 21.4. The number of aromatic nitrogens is 9. The number of halogens is 1. The summed E-state index contributed by atoms with van der Waals surface area (Å²) in [5.74, 6) is 5.16. The van der Waals surface area contributed by atoms with Gasteiger partial charge in [-0.25, -0.2) is 23.7 Å². The lowest BCUT2D eigenvalue weighted by Gasteiger charge is -2.43. The van der Waals surface area contributed by atoms with Crippen molar-refractivity contribution in [3.8, 4) is 17.4 Å². The van der Waals surface area contributed by atoms with Gasteiger partial charge in [0.1, 0.15) is 18.1 Å². The molecule has 1 aliphatic heterocycles. The van der Waals surface area contributed by atoms with Crippen LogP contribution in [-0.4, -0.2) is 177 Å². The monoisotopic (exact) mass is 1610 g/mol. The summed E-state index contributed by atoms with van der Waals surface area (Å²) >= 11 is 6.05. The summed E-state index contributed by atoms with van der Waals surface area (Å²) in [4.78, 5) is 65.1. The second kappa shape index (κ2) is 39.8. The van der Waals surface area contributed by atoms with Crippen LogP contribution in [0.15, 0.2) is 238 Å². The van der Waals surface area contributed by atoms with E-state index >= 15 is 0 Å². The minimum Gasteiger partial charge on any atom is -0.491 e. The highest BCUT2D eigenvalue weighted by molar-refractivity contribution is 6.30. The molecule has 1 aliphatic rings. The summed E-state index contributed by atoms with van der Waals surface area (Å²) < 4.78 is 22.4. The molecule has 0 amide bonds. The van der Waals surface area contributed by atoms with Crippen LogP contribution in [-0.2, 0) is 34.8 Å². The molecule has 0 unspecified atom stereocenters. The number of nitrogens with zero attached hydrogens (tertiary/aromatic N) is 14. The van der Waals surface area contributed by atoms with Gasteiger partial charge in [0.25, 0.3) is 22.2 Å². The predicted octanol–water partition coefficient (Wildman–Crippen LogP) is 14.1. The summed E-state index contributed by atoms with van der Waals surface area (Å²) in [6, 6.07) is 69.7. The van der Waals surface area contributed by atoms with Gasteiger partial charge in [0.2, 0.25) is 5.88 Å². The minimum absolute atomic E-state index is 0.0172. The number of hydrogen-bond acceptors (Lipinski definition) is 21. The van der Waals surface area contributed by atoms with Crippen molar-refractivity contribution in [2.45, 2.75) is 102 Å². The fraction of sp³-hybridized carbons (Fsp3) is 0.337. The van der Waals surface area contributed by atoms with Crippen molar-refractivity contribution in [2.24, 2.45) is 28.2 Å². The smallest absolute Gasteiger partial charge is 0.274 e. The average Bonchev–Trinajstić information content (AvgIpc) is 0.802. The van der Waals surface area contributed by atoms with E-state index in [9.17, 15) is 19.2 Å². The summed E-state index contributed by atoms with van der Waals surface area (Å²) in [7, 11) is 24.9. The summed E-state index contributed by atoms with van der Waals surface area (Å²) in [6.07, 6.45) is 2.94. The number of nitrogens with one attached hydrogen (secondary N) is 4. The molecular formula is C92H111ClN18O7. The number of aryl methyl sites for hydroxylation is 4. The Morgan fingerprint density at radius 3 is 1.18 bits per heavy atom. The molecular weight excluding hydrogens is 1500 g/mol. The van der Waals surface area contributed by atoms with Crippen molar-refractivity contribution in [3.63, 3.8) is 0 Å². The standard InChI is InChI=1S/C27H30N4O2.C23H30N4O2.C22H26ClN5O.C20H25N5O2/c1-19(28-26-23-12-8-9-13-24(23)27(32)31(4)29-26)25(30(2)3)21-14-16-22(17-15-21)33-18-20-10-6-5-7-11-20;1-15(2)29-18-13-11-17(12-14-18)21(26(4)5)16(3)24-22-19-9-7-8-10-20(19)23(28)27(6)25-22;1-26(2)20-14-28(16-10-8-15(23)9-11-16)13-12-19(20)24-21-17-6-4-5-7-18(17)22(29)27(3)25-21;1-13(18(24(2)3)14-10-11-17(27-5)21-12-14)22-19-15-8-6-7-9-16(15)20(26)25(4)23-19/h5-17,19,25H,18H2,1-4H3,(H,28,29);7-16,21H,1-6H3,(H,24,25);4-11,19-20H,12-14H2,1-3H3,(H,24,25);6-13,18H,1-5H3,(H,22,23)/t19-,25+;16-,21+;19-,20+;13-,18+/m0010/s1. The van der Waals surface area contributed by atoms with Crippen LogP contribution in [0, 0.1) is 0 Å². The molecule has 25 nitrogen and oxygen atoms in total. The Morgan fingerprint density at radius 1 is 0.441 bits per heavy atom. The van der Waals surface area contributed by atoms with Gasteiger partial charge in [0.15, 0.2) is 23.3 Å². The predicted molar refractivity (Wildman–Crippen MR) is 480 cm³/mol. The number of piperidine rings is 1. The van der Waals surface area contributed by atoms with E-state index in [1.54, 1.807) is 35.3 Å². The topological polar surface area (TPSA) is 244 Å². The molecule has 8 atom stereocenters. The highest BCUT2D eigenvalue weighted by Gasteiger charge is 2.33. The lowest BCUT2D eigenvalue weighted by molar-refractivity contribution is 0.239. The normalized spacial score (nSPS) is 15.0. The number of hydrogen-bond donors (Lipinski definition) is 4. The van der Waals surface area contributed by atoms with Crippen LogP contribution in [0.25, 0.3) is 43.1 Å². The van der Waals surface area contributed by atoms with Gasteiger partial charge in [-0.1, -0.05) is 145 Å². The molecule has 6 heterocycles. The van der Waals surface area contributed by atoms with E-state index in [0.29, 0.717) is 51.5 Å². The molecule has 0 bridgehead atoms. The Bertz CT molecular complexity index is 5750. The Labute approximate surface area is 695 Å². The van der Waals surface area contributed by atoms with Crippen LogP contribution < -0.4 is 62.6 Å². The molecule has 8 aromatic carbocycles. The highest BCUT2D eigenvalue weighted by atomic mass is 35.5. The molecule has 26 heteroatoms. The Hall–Kier alpha value is -12.0. The van der Waals surface area contributed by atoms with Gasteiger partial charge >= 0.3 is 0 Å². The Balaban J connectivity index is 0.000000155. The molecule has 0 saturated carbocycles. The zero-order valence-electron chi connectivity index (χ0n) is 70.8. The Kier molecular flexibility index (Phi) is 29.3. The quantitative estimate of drug-likeness (QED) is 0.0415. The van der Waals surface area contributed by atoms with Crippen molar-refractivity contribution in [3.05, 3.63) is 287 Å². The van der Waals surface area contributed by atoms with Crippen LogP contribution in [0.4, 0.5) is 29.0 Å². The van der Waals surface area contributed by atoms with Crippen LogP contribution in [0.3, 0.4) is 0 Å². The molecule has 5 aromatic heterocycles. The van der Waals surface area contributed by atoms with Gasteiger partial charge in [-0.3, -0.25) is 19.2 Å². The summed E-state index contributed by atoms with van der Waals surface area (Å²) in [5.41, 5.74) is 5.37. The second-order valence-corrected chi connectivity index (χ2v) is 31.5. The molecule has 4 N–H and O–H groups in total. The average molecular weight is 1620 g/mol. The molecule has 0 radical (unpaired) electrons. The Morgan fingerprint density at radius 2 is 0.805 bits per heavy atom.